The van der Waals surface area contributed by atoms with Gasteiger partial charge in [0.25, 0.3) is 0 Å². The van der Waals surface area contributed by atoms with Crippen molar-refractivity contribution in [2.45, 2.75) is 19.8 Å². The molecule has 3 heteroatoms. The largest absolute Gasteiger partial charge is 0.681 e. The average molecular weight is 403 g/mol. The van der Waals surface area contributed by atoms with Crippen LogP contribution >= 0.6 is 0 Å². The Morgan fingerprint density at radius 3 is 3.00 bits per heavy atom. The van der Waals surface area contributed by atoms with Gasteiger partial charge in [-0.3, -0.25) is 0 Å². The summed E-state index contributed by atoms with van der Waals surface area (Å²) in [6, 6.07) is 6.16. The van der Waals surface area contributed by atoms with E-state index < -0.39 is 0 Å². The number of aryl methyl sites for hydroxylation is 1. The molecular formula is C11H14AcNO-. The monoisotopic (exact) mass is 403 g/mol. The van der Waals surface area contributed by atoms with Crippen LogP contribution in [0.2, 0.25) is 0 Å². The maximum absolute atomic E-state index is 5.59. The Morgan fingerprint density at radius 2 is 2.14 bits per heavy atom. The number of nitrogens with zero attached hydrogens (tertiary/aromatic N) is 1. The van der Waals surface area contributed by atoms with E-state index in [0.29, 0.717) is 0 Å². The van der Waals surface area contributed by atoms with Crippen molar-refractivity contribution in [1.29, 1.82) is 0 Å². The molecule has 2 nitrogen and oxygen atoms in total. The number of benzene rings is 1. The van der Waals surface area contributed by atoms with Crippen LogP contribution in [0.15, 0.2) is 18.2 Å². The molecule has 1 aliphatic rings. The van der Waals surface area contributed by atoms with E-state index in [1.165, 1.54) is 5.56 Å². The Hall–Kier alpha value is 0.262. The summed E-state index contributed by atoms with van der Waals surface area (Å²) in [4.78, 5) is 0. The molecule has 1 aromatic rings. The van der Waals surface area contributed by atoms with E-state index in [0.717, 1.165) is 37.4 Å². The van der Waals surface area contributed by atoms with E-state index >= 15 is 0 Å². The van der Waals surface area contributed by atoms with Gasteiger partial charge in [0.1, 0.15) is 5.75 Å². The Kier molecular flexibility index (Phi) is 5.27. The van der Waals surface area contributed by atoms with E-state index in [2.05, 4.69) is 24.4 Å². The molecule has 0 atom stereocenters. The van der Waals surface area contributed by atoms with Crippen LogP contribution in [0.4, 0.5) is 5.69 Å². The van der Waals surface area contributed by atoms with Gasteiger partial charge in [0, 0.05) is 44.1 Å². The van der Waals surface area contributed by atoms with Crippen molar-refractivity contribution in [1.82, 2.24) is 0 Å². The summed E-state index contributed by atoms with van der Waals surface area (Å²) in [6.45, 7) is 3.83. The molecule has 0 fully saturated rings. The molecule has 73 valence electrons. The molecule has 0 N–H and O–H groups in total. The van der Waals surface area contributed by atoms with Gasteiger partial charge in [0.15, 0.2) is 0 Å². The summed E-state index contributed by atoms with van der Waals surface area (Å²) in [5.74, 6) is 0.935. The van der Waals surface area contributed by atoms with Gasteiger partial charge in [-0.25, -0.2) is 0 Å². The summed E-state index contributed by atoms with van der Waals surface area (Å²) in [5, 5.41) is 4.48. The molecular weight excluding hydrogens is 389 g/mol. The summed E-state index contributed by atoms with van der Waals surface area (Å²) < 4.78 is 5.59. The number of ether oxygens (including phenoxy) is 1. The summed E-state index contributed by atoms with van der Waals surface area (Å²) >= 11 is 0. The molecule has 0 aromatic heterocycles. The Labute approximate surface area is 121 Å². The van der Waals surface area contributed by atoms with E-state index in [1.54, 1.807) is 0 Å². The van der Waals surface area contributed by atoms with E-state index in [4.69, 9.17) is 4.74 Å². The third-order valence-corrected chi connectivity index (χ3v) is 2.21. The van der Waals surface area contributed by atoms with Gasteiger partial charge < -0.3 is 10.1 Å². The molecule has 2 rings (SSSR count). The number of hydrogen-bond acceptors (Lipinski definition) is 1. The molecule has 0 spiro atoms. The zero-order valence-corrected chi connectivity index (χ0v) is 13.2. The zero-order chi connectivity index (χ0) is 9.10. The van der Waals surface area contributed by atoms with Crippen LogP contribution in [-0.4, -0.2) is 13.2 Å². The molecule has 14 heavy (non-hydrogen) atoms. The third-order valence-electron chi connectivity index (χ3n) is 2.21. The first kappa shape index (κ1) is 12.3. The van der Waals surface area contributed by atoms with Crippen LogP contribution in [0.25, 0.3) is 5.32 Å². The van der Waals surface area contributed by atoms with Gasteiger partial charge >= 0.3 is 0 Å². The van der Waals surface area contributed by atoms with E-state index in [-0.39, 0.29) is 44.1 Å². The smallest absolute Gasteiger partial charge is 0.104 e. The van der Waals surface area contributed by atoms with Crippen molar-refractivity contribution in [3.63, 3.8) is 0 Å². The van der Waals surface area contributed by atoms with Crippen molar-refractivity contribution in [3.05, 3.63) is 29.1 Å². The van der Waals surface area contributed by atoms with Gasteiger partial charge in [0.05, 0.1) is 6.61 Å². The minimum absolute atomic E-state index is 0. The zero-order valence-electron chi connectivity index (χ0n) is 8.49. The molecule has 1 radical (unpaired) electrons. The maximum Gasteiger partial charge on any atom is 0.104 e. The predicted octanol–water partition coefficient (Wildman–Crippen LogP) is 3.17. The van der Waals surface area contributed by atoms with Crippen molar-refractivity contribution in [3.8, 4) is 5.75 Å². The third kappa shape index (κ3) is 3.14. The molecule has 0 amide bonds. The summed E-state index contributed by atoms with van der Waals surface area (Å²) in [7, 11) is 0. The average Bonchev–Trinajstić information content (AvgIpc) is 2.08. The summed E-state index contributed by atoms with van der Waals surface area (Å²) in [5.41, 5.74) is 2.26. The topological polar surface area (TPSA) is 23.3 Å². The van der Waals surface area contributed by atoms with Gasteiger partial charge in [-0.05, 0) is 19.4 Å². The van der Waals surface area contributed by atoms with Crippen molar-refractivity contribution >= 4 is 5.69 Å². The van der Waals surface area contributed by atoms with Crippen LogP contribution in [0.1, 0.15) is 18.4 Å². The van der Waals surface area contributed by atoms with Gasteiger partial charge in [-0.2, -0.15) is 0 Å². The van der Waals surface area contributed by atoms with Crippen molar-refractivity contribution in [2.75, 3.05) is 13.2 Å². The Balaban J connectivity index is 0.000000980. The predicted molar refractivity (Wildman–Crippen MR) is 53.8 cm³/mol. The van der Waals surface area contributed by atoms with Crippen LogP contribution in [-0.2, 0) is 0 Å². The first-order chi connectivity index (χ1) is 6.36. The van der Waals surface area contributed by atoms with Crippen molar-refractivity contribution in [2.24, 2.45) is 0 Å². The minimum Gasteiger partial charge on any atom is -0.681 e. The second-order valence-electron chi connectivity index (χ2n) is 3.41. The number of hydrogen-bond donors (Lipinski definition) is 0. The van der Waals surface area contributed by atoms with Gasteiger partial charge in [0.2, 0.25) is 0 Å². The second kappa shape index (κ2) is 5.98. The van der Waals surface area contributed by atoms with Crippen LogP contribution in [0, 0.1) is 51.0 Å². The Morgan fingerprint density at radius 1 is 1.29 bits per heavy atom. The molecule has 1 aliphatic heterocycles. The molecule has 0 aliphatic carbocycles. The Bertz CT molecular complexity index is 301. The van der Waals surface area contributed by atoms with Gasteiger partial charge in [-0.1, -0.05) is 29.8 Å². The van der Waals surface area contributed by atoms with Crippen molar-refractivity contribution < 1.29 is 48.8 Å². The molecule has 1 heterocycles. The molecule has 0 saturated carbocycles. The van der Waals surface area contributed by atoms with Crippen LogP contribution < -0.4 is 4.74 Å². The standard InChI is InChI=1S/C11H14NO.Ac/c1-9-4-5-11-10(8-9)12-6-2-3-7-13-11;/h4-5,8H,2-3,6-7H2,1H3;/q-1;. The number of rotatable bonds is 0. The first-order valence-electron chi connectivity index (χ1n) is 4.77. The molecule has 0 saturated heterocycles. The second-order valence-corrected chi connectivity index (χ2v) is 3.41. The molecule has 0 unspecified atom stereocenters. The minimum atomic E-state index is 0. The fraction of sp³-hybridized carbons (Fsp3) is 0.455. The van der Waals surface area contributed by atoms with E-state index in [9.17, 15) is 0 Å². The number of fused-ring (bicyclic) bond motifs is 1. The van der Waals surface area contributed by atoms with E-state index in [1.807, 2.05) is 6.07 Å². The summed E-state index contributed by atoms with van der Waals surface area (Å²) in [6.07, 6.45) is 2.24. The molecule has 0 bridgehead atoms. The normalized spacial score (nSPS) is 14.9. The fourth-order valence-corrected chi connectivity index (χ4v) is 1.47. The first-order valence-corrected chi connectivity index (χ1v) is 4.77. The molecule has 1 aromatic carbocycles. The van der Waals surface area contributed by atoms with Gasteiger partial charge in [-0.15, -0.1) is 6.54 Å². The quantitative estimate of drug-likeness (QED) is 0.653. The van der Waals surface area contributed by atoms with Crippen LogP contribution in [0.3, 0.4) is 0 Å². The SMILES string of the molecule is Cc1ccc2c(c1)[N-]CCCCO2.[Ac]. The fourth-order valence-electron chi connectivity index (χ4n) is 1.47. The van der Waals surface area contributed by atoms with Crippen LogP contribution in [0.5, 0.6) is 5.75 Å². The maximum atomic E-state index is 5.59.